The molecule has 24 heavy (non-hydrogen) atoms. The van der Waals surface area contributed by atoms with E-state index < -0.39 is 15.8 Å². The number of aromatic nitrogens is 1. The molecule has 2 aromatic rings. The molecule has 0 fully saturated rings. The fourth-order valence-corrected chi connectivity index (χ4v) is 3.09. The Morgan fingerprint density at radius 1 is 1.38 bits per heavy atom. The molecule has 0 aliphatic heterocycles. The molecule has 0 bridgehead atoms. The lowest BCUT2D eigenvalue weighted by molar-refractivity contribution is 0.0954. The van der Waals surface area contributed by atoms with Crippen molar-refractivity contribution in [2.45, 2.75) is 0 Å². The largest absolute Gasteiger partial charge is 0.350 e. The van der Waals surface area contributed by atoms with Crippen LogP contribution in [0.1, 0.15) is 10.4 Å². The number of nitrogens with one attached hydrogen (secondary N) is 1. The van der Waals surface area contributed by atoms with Gasteiger partial charge in [-0.2, -0.15) is 0 Å². The van der Waals surface area contributed by atoms with Crippen molar-refractivity contribution in [2.24, 2.45) is 0 Å². The van der Waals surface area contributed by atoms with Crippen molar-refractivity contribution in [3.8, 4) is 0 Å². The topological polar surface area (TPSA) is 79.4 Å². The van der Waals surface area contributed by atoms with Gasteiger partial charge in [-0.3, -0.25) is 14.1 Å². The van der Waals surface area contributed by atoms with Crippen molar-refractivity contribution in [2.75, 3.05) is 23.7 Å². The van der Waals surface area contributed by atoms with Gasteiger partial charge in [-0.1, -0.05) is 11.6 Å². The lowest BCUT2D eigenvalue weighted by Crippen LogP contribution is -2.38. The normalized spacial score (nSPS) is 11.1. The van der Waals surface area contributed by atoms with E-state index in [2.05, 4.69) is 10.3 Å². The van der Waals surface area contributed by atoms with Crippen LogP contribution >= 0.6 is 11.6 Å². The molecule has 0 atom stereocenters. The Kier molecular flexibility index (Phi) is 5.74. The summed E-state index contributed by atoms with van der Waals surface area (Å²) in [4.78, 5) is 15.8. The third kappa shape index (κ3) is 4.65. The molecule has 6 nitrogen and oxygen atoms in total. The van der Waals surface area contributed by atoms with E-state index >= 15 is 0 Å². The van der Waals surface area contributed by atoms with Crippen molar-refractivity contribution < 1.29 is 17.6 Å². The van der Waals surface area contributed by atoms with E-state index in [9.17, 15) is 17.6 Å². The van der Waals surface area contributed by atoms with E-state index in [1.807, 2.05) is 0 Å². The highest BCUT2D eigenvalue weighted by Crippen LogP contribution is 2.24. The lowest BCUT2D eigenvalue weighted by atomic mass is 10.2. The fraction of sp³-hybridized carbons (Fsp3) is 0.200. The summed E-state index contributed by atoms with van der Waals surface area (Å²) in [5, 5.41) is 2.43. The van der Waals surface area contributed by atoms with Gasteiger partial charge >= 0.3 is 0 Å². The maximum Gasteiger partial charge on any atom is 0.252 e. The zero-order valence-electron chi connectivity index (χ0n) is 12.7. The number of hydrogen-bond acceptors (Lipinski definition) is 4. The molecule has 0 saturated heterocycles. The summed E-state index contributed by atoms with van der Waals surface area (Å²) >= 11 is 5.70. The van der Waals surface area contributed by atoms with Crippen LogP contribution < -0.4 is 9.62 Å². The standard InChI is InChI=1S/C15H15ClFN3O3S/c1-24(22,23)20(12-4-5-14(17)13(16)9-12)8-7-19-15(21)11-3-2-6-18-10-11/h2-6,9-10H,7-8H2,1H3,(H,19,21). The van der Waals surface area contributed by atoms with Crippen molar-refractivity contribution in [1.82, 2.24) is 10.3 Å². The molecule has 1 heterocycles. The number of carbonyl (C=O) groups is 1. The molecule has 0 aliphatic rings. The first-order chi connectivity index (χ1) is 11.3. The van der Waals surface area contributed by atoms with Gasteiger partial charge in [-0.15, -0.1) is 0 Å². The Bertz CT molecular complexity index is 831. The first-order valence-corrected chi connectivity index (χ1v) is 9.12. The van der Waals surface area contributed by atoms with Crippen LogP contribution in [0.25, 0.3) is 0 Å². The minimum atomic E-state index is -3.62. The second-order valence-corrected chi connectivity index (χ2v) is 7.25. The van der Waals surface area contributed by atoms with Crippen molar-refractivity contribution in [1.29, 1.82) is 0 Å². The Morgan fingerprint density at radius 2 is 2.12 bits per heavy atom. The van der Waals surface area contributed by atoms with E-state index in [0.29, 0.717) is 5.56 Å². The molecule has 0 radical (unpaired) electrons. The van der Waals surface area contributed by atoms with E-state index in [4.69, 9.17) is 11.6 Å². The Hall–Kier alpha value is -2.19. The molecule has 1 aromatic carbocycles. The predicted molar refractivity (Wildman–Crippen MR) is 90.2 cm³/mol. The zero-order chi connectivity index (χ0) is 17.7. The van der Waals surface area contributed by atoms with E-state index in [0.717, 1.165) is 16.6 Å². The molecule has 2 rings (SSSR count). The highest BCUT2D eigenvalue weighted by Gasteiger charge is 2.18. The number of anilines is 1. The van der Waals surface area contributed by atoms with Crippen LogP contribution in [-0.2, 0) is 10.0 Å². The number of nitrogens with zero attached hydrogens (tertiary/aromatic N) is 2. The van der Waals surface area contributed by atoms with Gasteiger partial charge < -0.3 is 5.32 Å². The molecule has 0 saturated carbocycles. The summed E-state index contributed by atoms with van der Waals surface area (Å²) in [6.45, 7) is 0.0442. The molecular formula is C15H15ClFN3O3S. The second-order valence-electron chi connectivity index (χ2n) is 4.93. The number of carbonyl (C=O) groups excluding carboxylic acids is 1. The summed E-state index contributed by atoms with van der Waals surface area (Å²) in [6.07, 6.45) is 3.97. The number of benzene rings is 1. The van der Waals surface area contributed by atoms with Crippen molar-refractivity contribution >= 4 is 33.2 Å². The number of halogens is 2. The average molecular weight is 372 g/mol. The molecule has 9 heteroatoms. The molecule has 0 unspecified atom stereocenters. The van der Waals surface area contributed by atoms with Crippen LogP contribution in [0.2, 0.25) is 5.02 Å². The van der Waals surface area contributed by atoms with Gasteiger partial charge in [0.1, 0.15) is 5.82 Å². The minimum absolute atomic E-state index is 0.0210. The summed E-state index contributed by atoms with van der Waals surface area (Å²) < 4.78 is 38.2. The van der Waals surface area contributed by atoms with Gasteiger partial charge in [-0.25, -0.2) is 12.8 Å². The number of pyridine rings is 1. The molecule has 0 aliphatic carbocycles. The summed E-state index contributed by atoms with van der Waals surface area (Å²) in [7, 11) is -3.62. The molecule has 1 aromatic heterocycles. The van der Waals surface area contributed by atoms with Crippen molar-refractivity contribution in [3.63, 3.8) is 0 Å². The van der Waals surface area contributed by atoms with Crippen molar-refractivity contribution in [3.05, 3.63) is 59.1 Å². The third-order valence-electron chi connectivity index (χ3n) is 3.12. The SMILES string of the molecule is CS(=O)(=O)N(CCNC(=O)c1cccnc1)c1ccc(F)c(Cl)c1. The van der Waals surface area contributed by atoms with Gasteiger partial charge in [0.15, 0.2) is 0 Å². The average Bonchev–Trinajstić information content (AvgIpc) is 2.54. The Morgan fingerprint density at radius 3 is 2.71 bits per heavy atom. The lowest BCUT2D eigenvalue weighted by Gasteiger charge is -2.22. The van der Waals surface area contributed by atoms with Gasteiger partial charge in [0.2, 0.25) is 10.0 Å². The second kappa shape index (κ2) is 7.59. The third-order valence-corrected chi connectivity index (χ3v) is 4.60. The van der Waals surface area contributed by atoms with Crippen LogP contribution in [0.5, 0.6) is 0 Å². The number of rotatable bonds is 6. The van der Waals surface area contributed by atoms with Gasteiger partial charge in [0, 0.05) is 18.9 Å². The quantitative estimate of drug-likeness (QED) is 0.843. The fourth-order valence-electron chi connectivity index (χ4n) is 2.00. The van der Waals surface area contributed by atoms with Crippen LogP contribution in [-0.4, -0.2) is 38.7 Å². The molecule has 1 N–H and O–H groups in total. The monoisotopic (exact) mass is 371 g/mol. The summed E-state index contributed by atoms with van der Waals surface area (Å²) in [6, 6.07) is 6.84. The minimum Gasteiger partial charge on any atom is -0.350 e. The highest BCUT2D eigenvalue weighted by atomic mass is 35.5. The smallest absolute Gasteiger partial charge is 0.252 e. The maximum atomic E-state index is 13.2. The first kappa shape index (κ1) is 18.2. The predicted octanol–water partition coefficient (Wildman–Crippen LogP) is 2.07. The van der Waals surface area contributed by atoms with E-state index in [1.54, 1.807) is 18.3 Å². The van der Waals surface area contributed by atoms with Crippen LogP contribution in [0, 0.1) is 5.82 Å². The zero-order valence-corrected chi connectivity index (χ0v) is 14.3. The highest BCUT2D eigenvalue weighted by molar-refractivity contribution is 7.92. The Balaban J connectivity index is 2.08. The number of amides is 1. The first-order valence-electron chi connectivity index (χ1n) is 6.90. The number of sulfonamides is 1. The Labute approximate surface area is 144 Å². The summed E-state index contributed by atoms with van der Waals surface area (Å²) in [5.74, 6) is -1.01. The van der Waals surface area contributed by atoms with E-state index in [1.165, 1.54) is 18.3 Å². The van der Waals surface area contributed by atoms with Crippen LogP contribution in [0.3, 0.4) is 0 Å². The van der Waals surface area contributed by atoms with Crippen LogP contribution in [0.4, 0.5) is 10.1 Å². The molecule has 128 valence electrons. The molecule has 1 amide bonds. The number of hydrogen-bond donors (Lipinski definition) is 1. The van der Waals surface area contributed by atoms with Gasteiger partial charge in [-0.05, 0) is 30.3 Å². The van der Waals surface area contributed by atoms with Gasteiger partial charge in [0.25, 0.3) is 5.91 Å². The summed E-state index contributed by atoms with van der Waals surface area (Å²) in [5.41, 5.74) is 0.591. The maximum absolute atomic E-state index is 13.2. The van der Waals surface area contributed by atoms with Crippen LogP contribution in [0.15, 0.2) is 42.7 Å². The van der Waals surface area contributed by atoms with Gasteiger partial charge in [0.05, 0.1) is 29.1 Å². The molecule has 0 spiro atoms. The van der Waals surface area contributed by atoms with E-state index in [-0.39, 0.29) is 29.7 Å². The molecular weight excluding hydrogens is 357 g/mol.